The summed E-state index contributed by atoms with van der Waals surface area (Å²) in [6.45, 7) is 3.88. The minimum atomic E-state index is -1.17. The molecule has 4 N–H and O–H groups in total. The van der Waals surface area contributed by atoms with Gasteiger partial charge in [0.25, 0.3) is 0 Å². The summed E-state index contributed by atoms with van der Waals surface area (Å²) in [6.07, 6.45) is -0.307. The first kappa shape index (κ1) is 21.4. The lowest BCUT2D eigenvalue weighted by molar-refractivity contribution is -0.143. The number of amides is 1. The van der Waals surface area contributed by atoms with E-state index < -0.39 is 30.1 Å². The van der Waals surface area contributed by atoms with Gasteiger partial charge in [-0.15, -0.1) is 0 Å². The number of hydrogen-bond donors (Lipinski definition) is 4. The predicted molar refractivity (Wildman–Crippen MR) is 94.7 cm³/mol. The molecule has 0 saturated heterocycles. The van der Waals surface area contributed by atoms with E-state index in [1.807, 2.05) is 44.2 Å². The molecular formula is C18H26N2O6. The van der Waals surface area contributed by atoms with Crippen molar-refractivity contribution in [2.24, 2.45) is 5.92 Å². The highest BCUT2D eigenvalue weighted by Crippen LogP contribution is 2.07. The van der Waals surface area contributed by atoms with Crippen LogP contribution in [0.15, 0.2) is 30.3 Å². The first-order chi connectivity index (χ1) is 12.3. The van der Waals surface area contributed by atoms with Crippen LogP contribution >= 0.6 is 0 Å². The van der Waals surface area contributed by atoms with Gasteiger partial charge in [-0.2, -0.15) is 0 Å². The van der Waals surface area contributed by atoms with Crippen LogP contribution in [0, 0.1) is 5.92 Å². The van der Waals surface area contributed by atoms with Gasteiger partial charge in [-0.3, -0.25) is 14.9 Å². The van der Waals surface area contributed by atoms with E-state index in [2.05, 4.69) is 10.6 Å². The fourth-order valence-electron chi connectivity index (χ4n) is 2.33. The van der Waals surface area contributed by atoms with Crippen molar-refractivity contribution in [1.29, 1.82) is 0 Å². The molecule has 8 nitrogen and oxygen atoms in total. The number of carbonyl (C=O) groups excluding carboxylic acids is 1. The van der Waals surface area contributed by atoms with Crippen molar-refractivity contribution >= 4 is 18.0 Å². The van der Waals surface area contributed by atoms with Crippen LogP contribution in [0.25, 0.3) is 0 Å². The van der Waals surface area contributed by atoms with Gasteiger partial charge in [0.15, 0.2) is 0 Å². The fourth-order valence-corrected chi connectivity index (χ4v) is 2.33. The number of aliphatic carboxylic acids is 2. The number of ether oxygens (including phenoxy) is 1. The zero-order valence-electron chi connectivity index (χ0n) is 15.0. The summed E-state index contributed by atoms with van der Waals surface area (Å²) >= 11 is 0. The van der Waals surface area contributed by atoms with E-state index >= 15 is 0 Å². The van der Waals surface area contributed by atoms with Crippen LogP contribution in [0.4, 0.5) is 4.79 Å². The first-order valence-electron chi connectivity index (χ1n) is 8.45. The van der Waals surface area contributed by atoms with E-state index in [0.717, 1.165) is 5.56 Å². The molecule has 1 aromatic rings. The highest BCUT2D eigenvalue weighted by Gasteiger charge is 2.26. The molecule has 0 bridgehead atoms. The number of rotatable bonds is 11. The van der Waals surface area contributed by atoms with Gasteiger partial charge in [0, 0.05) is 6.54 Å². The number of alkyl carbamates (subject to hydrolysis) is 1. The Hall–Kier alpha value is -2.61. The highest BCUT2D eigenvalue weighted by atomic mass is 16.5. The van der Waals surface area contributed by atoms with Crippen molar-refractivity contribution in [3.63, 3.8) is 0 Å². The van der Waals surface area contributed by atoms with Gasteiger partial charge in [-0.05, 0) is 24.3 Å². The van der Waals surface area contributed by atoms with Crippen LogP contribution in [0.3, 0.4) is 0 Å². The predicted octanol–water partition coefficient (Wildman–Crippen LogP) is 1.84. The molecule has 8 heteroatoms. The second-order valence-corrected chi connectivity index (χ2v) is 6.36. The zero-order valence-corrected chi connectivity index (χ0v) is 15.0. The Morgan fingerprint density at radius 3 is 2.19 bits per heavy atom. The molecule has 0 aliphatic carbocycles. The minimum absolute atomic E-state index is 0.0393. The third-order valence-corrected chi connectivity index (χ3v) is 3.62. The summed E-state index contributed by atoms with van der Waals surface area (Å²) in [4.78, 5) is 34.2. The summed E-state index contributed by atoms with van der Waals surface area (Å²) in [6, 6.07) is 7.11. The zero-order chi connectivity index (χ0) is 19.5. The van der Waals surface area contributed by atoms with Crippen molar-refractivity contribution in [1.82, 2.24) is 10.6 Å². The maximum Gasteiger partial charge on any atom is 0.407 e. The average molecular weight is 366 g/mol. The lowest BCUT2D eigenvalue weighted by atomic mass is 10.0. The number of benzene rings is 1. The van der Waals surface area contributed by atoms with Gasteiger partial charge < -0.3 is 20.3 Å². The quantitative estimate of drug-likeness (QED) is 0.471. The molecule has 0 heterocycles. The monoisotopic (exact) mass is 366 g/mol. The van der Waals surface area contributed by atoms with E-state index in [-0.39, 0.29) is 25.5 Å². The topological polar surface area (TPSA) is 125 Å². The third-order valence-electron chi connectivity index (χ3n) is 3.62. The van der Waals surface area contributed by atoms with Crippen molar-refractivity contribution in [3.05, 3.63) is 35.9 Å². The standard InChI is InChI=1S/C18H26N2O6/c1-12(2)10-15(17(23)24)20-14(16(21)22)8-9-19-18(25)26-11-13-6-4-3-5-7-13/h3-7,12,14-15,20H,8-11H2,1-2H3,(H,19,25)(H,21,22)(H,23,24)/t14-,15-/m0/s1. The lowest BCUT2D eigenvalue weighted by Gasteiger charge is -2.21. The molecule has 0 aliphatic heterocycles. The summed E-state index contributed by atoms with van der Waals surface area (Å²) in [5, 5.41) is 23.5. The molecule has 0 aromatic heterocycles. The molecule has 0 fully saturated rings. The van der Waals surface area contributed by atoms with Crippen molar-refractivity contribution in [2.45, 2.75) is 45.4 Å². The van der Waals surface area contributed by atoms with E-state index in [1.165, 1.54) is 0 Å². The second-order valence-electron chi connectivity index (χ2n) is 6.36. The van der Waals surface area contributed by atoms with E-state index in [9.17, 15) is 24.6 Å². The molecule has 2 atom stereocenters. The molecule has 0 unspecified atom stereocenters. The van der Waals surface area contributed by atoms with Crippen LogP contribution < -0.4 is 10.6 Å². The van der Waals surface area contributed by atoms with E-state index in [0.29, 0.717) is 6.42 Å². The Morgan fingerprint density at radius 1 is 1.04 bits per heavy atom. The minimum Gasteiger partial charge on any atom is -0.480 e. The summed E-state index contributed by atoms with van der Waals surface area (Å²) in [7, 11) is 0. The molecule has 1 amide bonds. The van der Waals surface area contributed by atoms with Gasteiger partial charge in [0.1, 0.15) is 18.7 Å². The number of nitrogens with one attached hydrogen (secondary N) is 2. The van der Waals surface area contributed by atoms with E-state index in [1.54, 1.807) is 0 Å². The van der Waals surface area contributed by atoms with Gasteiger partial charge in [0.05, 0.1) is 0 Å². The van der Waals surface area contributed by atoms with Crippen LogP contribution in [0.2, 0.25) is 0 Å². The molecule has 144 valence electrons. The highest BCUT2D eigenvalue weighted by molar-refractivity contribution is 5.77. The van der Waals surface area contributed by atoms with Gasteiger partial charge in [-0.25, -0.2) is 4.79 Å². The maximum atomic E-state index is 11.6. The van der Waals surface area contributed by atoms with Gasteiger partial charge in [-0.1, -0.05) is 44.2 Å². The molecular weight excluding hydrogens is 340 g/mol. The normalized spacial score (nSPS) is 13.0. The Labute approximate surface area is 152 Å². The Balaban J connectivity index is 2.41. The number of carboxylic acids is 2. The van der Waals surface area contributed by atoms with Gasteiger partial charge in [0.2, 0.25) is 0 Å². The molecule has 26 heavy (non-hydrogen) atoms. The van der Waals surface area contributed by atoms with Crippen LogP contribution in [0.1, 0.15) is 32.3 Å². The largest absolute Gasteiger partial charge is 0.480 e. The van der Waals surface area contributed by atoms with Crippen LogP contribution in [0.5, 0.6) is 0 Å². The van der Waals surface area contributed by atoms with Crippen molar-refractivity contribution < 1.29 is 29.3 Å². The first-order valence-corrected chi connectivity index (χ1v) is 8.45. The Kier molecular flexibility index (Phi) is 9.14. The number of carboxylic acid groups (broad SMARTS) is 2. The van der Waals surface area contributed by atoms with Crippen molar-refractivity contribution in [3.8, 4) is 0 Å². The second kappa shape index (κ2) is 11.1. The smallest absolute Gasteiger partial charge is 0.407 e. The molecule has 0 saturated carbocycles. The Bertz CT molecular complexity index is 591. The summed E-state index contributed by atoms with van der Waals surface area (Å²) in [5.41, 5.74) is 0.839. The third kappa shape index (κ3) is 8.48. The van der Waals surface area contributed by atoms with Crippen LogP contribution in [-0.2, 0) is 20.9 Å². The Morgan fingerprint density at radius 2 is 1.65 bits per heavy atom. The fraction of sp³-hybridized carbons (Fsp3) is 0.500. The summed E-state index contributed by atoms with van der Waals surface area (Å²) < 4.78 is 5.03. The van der Waals surface area contributed by atoms with Crippen molar-refractivity contribution in [2.75, 3.05) is 6.54 Å². The molecule has 1 aromatic carbocycles. The number of carbonyl (C=O) groups is 3. The SMILES string of the molecule is CC(C)C[C@H](N[C@@H](CCNC(=O)OCc1ccccc1)C(=O)O)C(=O)O. The molecule has 0 spiro atoms. The van der Waals surface area contributed by atoms with Gasteiger partial charge >= 0.3 is 18.0 Å². The lowest BCUT2D eigenvalue weighted by Crippen LogP contribution is -2.49. The number of hydrogen-bond acceptors (Lipinski definition) is 5. The molecule has 1 rings (SSSR count). The molecule has 0 aliphatic rings. The summed E-state index contributed by atoms with van der Waals surface area (Å²) in [5.74, 6) is -2.16. The maximum absolute atomic E-state index is 11.6. The van der Waals surface area contributed by atoms with Crippen LogP contribution in [-0.4, -0.2) is 46.9 Å². The van der Waals surface area contributed by atoms with E-state index in [4.69, 9.17) is 4.74 Å². The average Bonchev–Trinajstić information content (AvgIpc) is 2.58. The molecule has 0 radical (unpaired) electrons.